The molecule has 0 radical (unpaired) electrons. The molecule has 0 aliphatic carbocycles. The third-order valence-electron chi connectivity index (χ3n) is 0.989. The smallest absolute Gasteiger partial charge is 0.299 e. The fraction of sp³-hybridized carbons (Fsp3) is 0.500. The molecule has 0 aromatic heterocycles. The van der Waals surface area contributed by atoms with Crippen molar-refractivity contribution < 1.29 is 17.4 Å². The largest absolute Gasteiger partial charge is 1.00 e. The van der Waals surface area contributed by atoms with Crippen LogP contribution in [0.15, 0.2) is 10.7 Å². The number of hydrogen-bond acceptors (Lipinski definition) is 0. The summed E-state index contributed by atoms with van der Waals surface area (Å²) in [6.45, 7) is 3.61. The average Bonchev–Trinajstić information content (AvgIpc) is 1.85. The van der Waals surface area contributed by atoms with Gasteiger partial charge in [0, 0.05) is 0 Å². The van der Waals surface area contributed by atoms with Crippen molar-refractivity contribution in [2.75, 3.05) is 0 Å². The van der Waals surface area contributed by atoms with Crippen LogP contribution in [0.3, 0.4) is 0 Å². The molecule has 0 rings (SSSR count). The van der Waals surface area contributed by atoms with Crippen molar-refractivity contribution in [2.45, 2.75) is 17.6 Å². The fourth-order valence-corrected chi connectivity index (χ4v) is 0.558. The number of hydrogen-bond donors (Lipinski definition) is 2. The Kier molecular flexibility index (Phi) is 7.68. The van der Waals surface area contributed by atoms with Crippen LogP contribution >= 0.6 is 46.4 Å². The molecule has 0 fully saturated rings. The van der Waals surface area contributed by atoms with Crippen molar-refractivity contribution >= 4 is 52.2 Å². The van der Waals surface area contributed by atoms with Crippen LogP contribution < -0.4 is 23.1 Å². The number of allylic oxidation sites excluding steroid dienone is 1. The van der Waals surface area contributed by atoms with Crippen LogP contribution in [-0.2, 0) is 0 Å². The van der Waals surface area contributed by atoms with Crippen molar-refractivity contribution in [3.8, 4) is 0 Å². The molecule has 0 saturated carbocycles. The van der Waals surface area contributed by atoms with E-state index in [4.69, 9.17) is 52.1 Å². The minimum atomic E-state index is -1.64. The molecule has 3 N–H and O–H groups in total. The number of nitrogens with one attached hydrogen (secondary N) is 1. The number of rotatable bonds is 1. The molecule has 0 atom stereocenters. The highest BCUT2D eigenvalue weighted by Gasteiger charge is 2.31. The van der Waals surface area contributed by atoms with E-state index in [0.717, 1.165) is 5.57 Å². The first kappa shape index (κ1) is 16.1. The molecule has 0 unspecified atom stereocenters. The third kappa shape index (κ3) is 6.69. The summed E-state index contributed by atoms with van der Waals surface area (Å²) in [5.74, 6) is -0.0151. The van der Waals surface area contributed by atoms with E-state index >= 15 is 0 Å². The van der Waals surface area contributed by atoms with E-state index in [1.165, 1.54) is 0 Å². The number of nitrogens with two attached hydrogens (primary N) is 1. The molecule has 2 nitrogen and oxygen atoms in total. The summed E-state index contributed by atoms with van der Waals surface area (Å²) in [4.78, 5) is 2.56. The van der Waals surface area contributed by atoms with Crippen LogP contribution in [0.25, 0.3) is 0 Å². The van der Waals surface area contributed by atoms with Gasteiger partial charge in [-0.15, -0.1) is 0 Å². The zero-order chi connectivity index (χ0) is 9.94. The molecule has 7 heteroatoms. The molecule has 0 saturated heterocycles. The summed E-state index contributed by atoms with van der Waals surface area (Å²) in [5, 5.41) is 0.360. The molecule has 0 aliphatic rings. The Bertz CT molecular complexity index is 224. The van der Waals surface area contributed by atoms with Gasteiger partial charge < -0.3 is 12.4 Å². The van der Waals surface area contributed by atoms with Crippen molar-refractivity contribution in [2.24, 2.45) is 5.73 Å². The first-order valence-corrected chi connectivity index (χ1v) is 4.56. The van der Waals surface area contributed by atoms with E-state index in [2.05, 4.69) is 4.99 Å². The Morgan fingerprint density at radius 3 is 1.85 bits per heavy atom. The topological polar surface area (TPSA) is 40.0 Å². The second-order valence-corrected chi connectivity index (χ2v) is 5.01. The predicted molar refractivity (Wildman–Crippen MR) is 54.7 cm³/mol. The van der Waals surface area contributed by atoms with E-state index < -0.39 is 3.79 Å². The van der Waals surface area contributed by atoms with Crippen LogP contribution in [0.1, 0.15) is 13.8 Å². The van der Waals surface area contributed by atoms with Gasteiger partial charge in [-0.05, 0) is 31.0 Å². The Balaban J connectivity index is 0. The maximum Gasteiger partial charge on any atom is 0.299 e. The lowest BCUT2D eigenvalue weighted by Crippen LogP contribution is -3.00. The molecular formula is C6H9Cl5N2. The van der Waals surface area contributed by atoms with Crippen LogP contribution in [0.2, 0.25) is 0 Å². The van der Waals surface area contributed by atoms with Gasteiger partial charge >= 0.3 is 0 Å². The highest BCUT2D eigenvalue weighted by atomic mass is 35.6. The summed E-state index contributed by atoms with van der Waals surface area (Å²) in [6, 6.07) is 0. The third-order valence-corrected chi connectivity index (χ3v) is 2.07. The van der Waals surface area contributed by atoms with Crippen LogP contribution in [-0.4, -0.2) is 9.63 Å². The lowest BCUT2D eigenvalue weighted by Gasteiger charge is -2.03. The Morgan fingerprint density at radius 1 is 1.23 bits per heavy atom. The molecule has 13 heavy (non-hydrogen) atoms. The SMILES string of the molecule is CC(C)=C(Cl)/[NH+]=C(/N)C(Cl)(Cl)Cl.[Cl-]. The summed E-state index contributed by atoms with van der Waals surface area (Å²) >= 11 is 22.1. The summed E-state index contributed by atoms with van der Waals surface area (Å²) < 4.78 is -1.64. The van der Waals surface area contributed by atoms with Gasteiger partial charge in [0.1, 0.15) is 0 Å². The molecule has 0 amide bonds. The van der Waals surface area contributed by atoms with Crippen molar-refractivity contribution in [1.29, 1.82) is 0 Å². The van der Waals surface area contributed by atoms with E-state index in [-0.39, 0.29) is 18.2 Å². The van der Waals surface area contributed by atoms with Crippen LogP contribution in [0, 0.1) is 0 Å². The average molecular weight is 286 g/mol. The molecule has 0 spiro atoms. The van der Waals surface area contributed by atoms with Gasteiger partial charge in [-0.3, -0.25) is 5.73 Å². The minimum absolute atomic E-state index is 0. The summed E-state index contributed by atoms with van der Waals surface area (Å²) in [7, 11) is 0. The Morgan fingerprint density at radius 2 is 1.62 bits per heavy atom. The van der Waals surface area contributed by atoms with Gasteiger partial charge in [-0.25, -0.2) is 4.99 Å². The number of alkyl halides is 3. The van der Waals surface area contributed by atoms with Gasteiger partial charge in [0.25, 0.3) is 9.63 Å². The van der Waals surface area contributed by atoms with Crippen molar-refractivity contribution in [1.82, 2.24) is 0 Å². The van der Waals surface area contributed by atoms with E-state index in [9.17, 15) is 0 Å². The lowest BCUT2D eigenvalue weighted by atomic mass is 10.4. The zero-order valence-corrected chi connectivity index (χ0v) is 10.7. The second kappa shape index (κ2) is 6.20. The van der Waals surface area contributed by atoms with Gasteiger partial charge in [-0.2, -0.15) is 0 Å². The molecule has 0 aliphatic heterocycles. The first-order chi connectivity index (χ1) is 5.25. The summed E-state index contributed by atoms with van der Waals surface area (Å²) in [5.41, 5.74) is 6.24. The van der Waals surface area contributed by atoms with Crippen LogP contribution in [0.4, 0.5) is 0 Å². The molecule has 0 bridgehead atoms. The van der Waals surface area contributed by atoms with E-state index in [1.807, 2.05) is 0 Å². The van der Waals surface area contributed by atoms with Crippen LogP contribution in [0.5, 0.6) is 0 Å². The van der Waals surface area contributed by atoms with Gasteiger partial charge in [-0.1, -0.05) is 34.8 Å². The number of halogens is 5. The van der Waals surface area contributed by atoms with Gasteiger partial charge in [0.15, 0.2) is 5.16 Å². The zero-order valence-electron chi connectivity index (χ0n) is 6.97. The maximum absolute atomic E-state index is 5.71. The molecule has 0 heterocycles. The molecule has 0 aromatic carbocycles. The Hall–Kier alpha value is 0.660. The fourth-order valence-electron chi connectivity index (χ4n) is 0.314. The minimum Gasteiger partial charge on any atom is -1.00 e. The normalized spacial score (nSPS) is 12.0. The molecule has 0 aromatic rings. The van der Waals surface area contributed by atoms with Crippen molar-refractivity contribution in [3.05, 3.63) is 10.7 Å². The van der Waals surface area contributed by atoms with Gasteiger partial charge in [0.05, 0.1) is 0 Å². The second-order valence-electron chi connectivity index (χ2n) is 2.35. The summed E-state index contributed by atoms with van der Waals surface area (Å²) in [6.07, 6.45) is 0. The predicted octanol–water partition coefficient (Wildman–Crippen LogP) is -1.71. The van der Waals surface area contributed by atoms with E-state index in [0.29, 0.717) is 5.16 Å². The van der Waals surface area contributed by atoms with Gasteiger partial charge in [0.2, 0.25) is 0 Å². The molecular weight excluding hydrogens is 277 g/mol. The number of amidine groups is 1. The standard InChI is InChI=1S/C6H8Cl4N2.ClH/c1-3(2)4(7)12-5(11)6(8,9)10;/h1-2H3,(H2,11,12);1H. The van der Waals surface area contributed by atoms with E-state index in [1.54, 1.807) is 13.8 Å². The monoisotopic (exact) mass is 284 g/mol. The quantitative estimate of drug-likeness (QED) is 0.256. The van der Waals surface area contributed by atoms with Crippen molar-refractivity contribution in [3.63, 3.8) is 0 Å². The highest BCUT2D eigenvalue weighted by Crippen LogP contribution is 2.23. The molecule has 78 valence electrons. The first-order valence-electron chi connectivity index (χ1n) is 3.04. The highest BCUT2D eigenvalue weighted by molar-refractivity contribution is 6.76. The lowest BCUT2D eigenvalue weighted by molar-refractivity contribution is -0.387. The maximum atomic E-state index is 5.71. The Labute approximate surface area is 103 Å².